The monoisotopic (exact) mass is 433 g/mol. The van der Waals surface area contributed by atoms with Crippen LogP contribution >= 0.6 is 0 Å². The molecule has 8 nitrogen and oxygen atoms in total. The van der Waals surface area contributed by atoms with Gasteiger partial charge in [0, 0.05) is 51.4 Å². The van der Waals surface area contributed by atoms with Crippen LogP contribution in [0.25, 0.3) is 0 Å². The second-order valence-electron chi connectivity index (χ2n) is 8.04. The summed E-state index contributed by atoms with van der Waals surface area (Å²) in [5, 5.41) is 11.9. The molecule has 0 radical (unpaired) electrons. The fraction of sp³-hybridized carbons (Fsp3) is 0.375. The van der Waals surface area contributed by atoms with Crippen LogP contribution in [0.2, 0.25) is 0 Å². The average molecular weight is 434 g/mol. The third-order valence-corrected chi connectivity index (χ3v) is 5.94. The van der Waals surface area contributed by atoms with E-state index >= 15 is 0 Å². The molecule has 0 unspecified atom stereocenters. The van der Waals surface area contributed by atoms with Crippen molar-refractivity contribution in [2.75, 3.05) is 50.1 Å². The molecule has 2 fully saturated rings. The highest BCUT2D eigenvalue weighted by Crippen LogP contribution is 2.34. The number of piperazine rings is 1. The third kappa shape index (κ3) is 4.84. The molecule has 2 aliphatic rings. The summed E-state index contributed by atoms with van der Waals surface area (Å²) in [5.74, 6) is 0.694. The van der Waals surface area contributed by atoms with Crippen molar-refractivity contribution in [2.24, 2.45) is 0 Å². The van der Waals surface area contributed by atoms with Crippen LogP contribution in [0.5, 0.6) is 5.75 Å². The van der Waals surface area contributed by atoms with Crippen molar-refractivity contribution in [2.45, 2.75) is 19.4 Å². The second-order valence-corrected chi connectivity index (χ2v) is 8.04. The quantitative estimate of drug-likeness (QED) is 0.783. The van der Waals surface area contributed by atoms with Gasteiger partial charge in [0.1, 0.15) is 5.75 Å². The zero-order valence-electron chi connectivity index (χ0n) is 18.2. The number of rotatable bonds is 5. The molecule has 0 saturated carbocycles. The molecule has 3 amide bonds. The third-order valence-electron chi connectivity index (χ3n) is 5.94. The molecule has 4 rings (SSSR count). The Morgan fingerprint density at radius 2 is 1.84 bits per heavy atom. The van der Waals surface area contributed by atoms with Crippen LogP contribution in [0.15, 0.2) is 42.5 Å². The molecule has 166 valence electrons. The van der Waals surface area contributed by atoms with Gasteiger partial charge in [-0.25, -0.2) is 4.79 Å². The summed E-state index contributed by atoms with van der Waals surface area (Å²) in [4.78, 5) is 30.8. The van der Waals surface area contributed by atoms with E-state index in [2.05, 4.69) is 16.3 Å². The number of nitriles is 1. The molecule has 8 heteroatoms. The van der Waals surface area contributed by atoms with Gasteiger partial charge in [0.15, 0.2) is 0 Å². The molecule has 0 aromatic heterocycles. The number of urea groups is 1. The van der Waals surface area contributed by atoms with E-state index in [1.54, 1.807) is 35.1 Å². The van der Waals surface area contributed by atoms with E-state index in [4.69, 9.17) is 10.00 Å². The highest BCUT2D eigenvalue weighted by molar-refractivity contribution is 5.98. The van der Waals surface area contributed by atoms with E-state index < -0.39 is 0 Å². The van der Waals surface area contributed by atoms with E-state index in [0.29, 0.717) is 48.7 Å². The minimum absolute atomic E-state index is 0.0742. The van der Waals surface area contributed by atoms with Crippen molar-refractivity contribution < 1.29 is 14.3 Å². The molecule has 2 aromatic rings. The molecule has 2 saturated heterocycles. The van der Waals surface area contributed by atoms with Gasteiger partial charge in [-0.3, -0.25) is 9.69 Å². The zero-order valence-corrected chi connectivity index (χ0v) is 18.2. The first-order chi connectivity index (χ1) is 15.6. The number of anilines is 2. The summed E-state index contributed by atoms with van der Waals surface area (Å²) >= 11 is 0. The number of ether oxygens (including phenoxy) is 1. The van der Waals surface area contributed by atoms with Crippen LogP contribution < -0.4 is 15.0 Å². The number of nitrogens with one attached hydrogen (secondary N) is 1. The van der Waals surface area contributed by atoms with Gasteiger partial charge < -0.3 is 19.9 Å². The fourth-order valence-corrected chi connectivity index (χ4v) is 4.14. The highest BCUT2D eigenvalue weighted by Gasteiger charge is 2.26. The Bertz CT molecular complexity index is 1020. The molecule has 32 heavy (non-hydrogen) atoms. The molecule has 0 spiro atoms. The predicted octanol–water partition coefficient (Wildman–Crippen LogP) is 3.04. The van der Waals surface area contributed by atoms with Crippen LogP contribution in [-0.2, 0) is 11.3 Å². The Morgan fingerprint density at radius 1 is 1.09 bits per heavy atom. The summed E-state index contributed by atoms with van der Waals surface area (Å²) < 4.78 is 5.42. The summed E-state index contributed by atoms with van der Waals surface area (Å²) in [6.07, 6.45) is 1.36. The number of benzene rings is 2. The van der Waals surface area contributed by atoms with E-state index in [1.807, 2.05) is 24.3 Å². The fourth-order valence-electron chi connectivity index (χ4n) is 4.14. The molecule has 2 aromatic carbocycles. The van der Waals surface area contributed by atoms with E-state index in [9.17, 15) is 9.59 Å². The van der Waals surface area contributed by atoms with Crippen molar-refractivity contribution in [3.8, 4) is 11.8 Å². The Balaban J connectivity index is 1.33. The van der Waals surface area contributed by atoms with Gasteiger partial charge in [0.2, 0.25) is 5.91 Å². The lowest BCUT2D eigenvalue weighted by Gasteiger charge is -2.34. The first-order valence-electron chi connectivity index (χ1n) is 10.8. The van der Waals surface area contributed by atoms with Crippen molar-refractivity contribution in [3.63, 3.8) is 0 Å². The van der Waals surface area contributed by atoms with Crippen LogP contribution in [0.4, 0.5) is 16.2 Å². The van der Waals surface area contributed by atoms with Crippen LogP contribution in [-0.4, -0.2) is 61.6 Å². The van der Waals surface area contributed by atoms with E-state index in [-0.39, 0.29) is 11.9 Å². The molecular weight excluding hydrogens is 406 g/mol. The van der Waals surface area contributed by atoms with Crippen LogP contribution in [0, 0.1) is 11.3 Å². The summed E-state index contributed by atoms with van der Waals surface area (Å²) in [6.45, 7) is 4.29. The maximum atomic E-state index is 12.8. The Labute approximate surface area is 188 Å². The first kappa shape index (κ1) is 21.7. The average Bonchev–Trinajstić information content (AvgIpc) is 3.25. The topological polar surface area (TPSA) is 88.9 Å². The lowest BCUT2D eigenvalue weighted by Crippen LogP contribution is -2.49. The van der Waals surface area contributed by atoms with Crippen molar-refractivity contribution in [3.05, 3.63) is 53.6 Å². The lowest BCUT2D eigenvalue weighted by atomic mass is 10.1. The van der Waals surface area contributed by atoms with Gasteiger partial charge in [0.05, 0.1) is 24.4 Å². The summed E-state index contributed by atoms with van der Waals surface area (Å²) in [5.41, 5.74) is 3.15. The summed E-state index contributed by atoms with van der Waals surface area (Å²) in [7, 11) is 1.58. The number of carbonyl (C=O) groups excluding carboxylic acids is 2. The number of methoxy groups -OCH3 is 1. The minimum Gasteiger partial charge on any atom is -0.495 e. The van der Waals surface area contributed by atoms with Gasteiger partial charge >= 0.3 is 6.03 Å². The molecule has 0 atom stereocenters. The number of hydrogen-bond acceptors (Lipinski definition) is 5. The van der Waals surface area contributed by atoms with E-state index in [0.717, 1.165) is 31.6 Å². The number of hydrogen-bond donors (Lipinski definition) is 1. The highest BCUT2D eigenvalue weighted by atomic mass is 16.5. The van der Waals surface area contributed by atoms with Crippen molar-refractivity contribution in [1.82, 2.24) is 9.80 Å². The molecule has 2 aliphatic heterocycles. The van der Waals surface area contributed by atoms with Crippen LogP contribution in [0.1, 0.15) is 24.0 Å². The number of amides is 3. The Kier molecular flexibility index (Phi) is 6.57. The van der Waals surface area contributed by atoms with Crippen molar-refractivity contribution in [1.29, 1.82) is 5.26 Å². The smallest absolute Gasteiger partial charge is 0.321 e. The number of carbonyl (C=O) groups is 2. The number of nitrogens with zero attached hydrogens (tertiary/aromatic N) is 4. The molecule has 0 bridgehead atoms. The summed E-state index contributed by atoms with van der Waals surface area (Å²) in [6, 6.07) is 15.0. The maximum absolute atomic E-state index is 12.8. The standard InChI is InChI=1S/C24H27N5O3/c1-32-22-9-8-20(15-21(22)29-10-2-3-23(29)30)26-24(31)28-13-11-27(12-14-28)17-19-6-4-18(16-25)5-7-19/h4-9,15H,2-3,10-14,17H2,1H3,(H,26,31). The SMILES string of the molecule is COc1ccc(NC(=O)N2CCN(Cc3ccc(C#N)cc3)CC2)cc1N1CCCC1=O. The van der Waals surface area contributed by atoms with Crippen molar-refractivity contribution >= 4 is 23.3 Å². The van der Waals surface area contributed by atoms with Crippen LogP contribution in [0.3, 0.4) is 0 Å². The minimum atomic E-state index is -0.146. The Hall–Kier alpha value is -3.57. The first-order valence-corrected chi connectivity index (χ1v) is 10.8. The van der Waals surface area contributed by atoms with Gasteiger partial charge in [-0.05, 0) is 42.3 Å². The molecular formula is C24H27N5O3. The molecule has 0 aliphatic carbocycles. The van der Waals surface area contributed by atoms with E-state index in [1.165, 1.54) is 0 Å². The maximum Gasteiger partial charge on any atom is 0.321 e. The van der Waals surface area contributed by atoms with Gasteiger partial charge in [-0.2, -0.15) is 5.26 Å². The van der Waals surface area contributed by atoms with Gasteiger partial charge in [-0.1, -0.05) is 12.1 Å². The molecule has 1 N–H and O–H groups in total. The zero-order chi connectivity index (χ0) is 22.5. The second kappa shape index (κ2) is 9.71. The van der Waals surface area contributed by atoms with Gasteiger partial charge in [-0.15, -0.1) is 0 Å². The molecule has 2 heterocycles. The largest absolute Gasteiger partial charge is 0.495 e. The Morgan fingerprint density at radius 3 is 2.47 bits per heavy atom. The normalized spacial score (nSPS) is 16.7. The predicted molar refractivity (Wildman–Crippen MR) is 122 cm³/mol. The van der Waals surface area contributed by atoms with Gasteiger partial charge in [0.25, 0.3) is 0 Å². The lowest BCUT2D eigenvalue weighted by molar-refractivity contribution is -0.117.